The lowest BCUT2D eigenvalue weighted by atomic mass is 10.2. The number of nitrogens with zero attached hydrogens (tertiary/aromatic N) is 6. The lowest BCUT2D eigenvalue weighted by Gasteiger charge is -2.05. The molecular weight excluding hydrogens is 467 g/mol. The zero-order chi connectivity index (χ0) is 24.1. The summed E-state index contributed by atoms with van der Waals surface area (Å²) >= 11 is 0. The van der Waals surface area contributed by atoms with Gasteiger partial charge in [-0.1, -0.05) is 6.92 Å². The molecule has 1 amide bonds. The van der Waals surface area contributed by atoms with Gasteiger partial charge in [0.05, 0.1) is 24.0 Å². The Hall–Kier alpha value is -3.59. The Kier molecular flexibility index (Phi) is 5.32. The SMILES string of the molecule is CCS(=O)(=O)c1nn2cc(C(=O)NOC)cnc2c1-c1nc2cc(C(F)(F)F)cnc2n1C. The van der Waals surface area contributed by atoms with E-state index in [1.54, 1.807) is 0 Å². The molecule has 0 radical (unpaired) electrons. The predicted octanol–water partition coefficient (Wildman–Crippen LogP) is 1.78. The molecule has 0 spiro atoms. The van der Waals surface area contributed by atoms with Crippen LogP contribution in [0.15, 0.2) is 29.7 Å². The van der Waals surface area contributed by atoms with Gasteiger partial charge in [-0.15, -0.1) is 0 Å². The van der Waals surface area contributed by atoms with E-state index in [4.69, 9.17) is 0 Å². The Balaban J connectivity index is 2.01. The highest BCUT2D eigenvalue weighted by atomic mass is 32.2. The van der Waals surface area contributed by atoms with Crippen molar-refractivity contribution in [1.29, 1.82) is 0 Å². The maximum Gasteiger partial charge on any atom is 0.417 e. The summed E-state index contributed by atoms with van der Waals surface area (Å²) in [5.74, 6) is -0.947. The molecule has 0 aromatic carbocycles. The summed E-state index contributed by atoms with van der Waals surface area (Å²) in [7, 11) is -1.19. The lowest BCUT2D eigenvalue weighted by Crippen LogP contribution is -2.22. The number of hydroxylamine groups is 1. The number of carbonyl (C=O) groups is 1. The number of pyridine rings is 1. The van der Waals surface area contributed by atoms with Crippen LogP contribution in [-0.4, -0.2) is 56.3 Å². The fourth-order valence-corrected chi connectivity index (χ4v) is 4.17. The topological polar surface area (TPSA) is 133 Å². The standard InChI is InChI=1S/C18H16F3N7O4S/c1-4-33(30,31)17-12(14-22-6-9(8-28(14)25-17)16(29)26-32-3)15-24-11-5-10(18(19,20)21)7-23-13(11)27(15)2/h5-8H,4H2,1-3H3,(H,26,29). The summed E-state index contributed by atoms with van der Waals surface area (Å²) < 4.78 is 67.4. The minimum absolute atomic E-state index is 0.000410. The lowest BCUT2D eigenvalue weighted by molar-refractivity contribution is -0.137. The van der Waals surface area contributed by atoms with Crippen LogP contribution in [0, 0.1) is 0 Å². The van der Waals surface area contributed by atoms with Crippen molar-refractivity contribution in [3.63, 3.8) is 0 Å². The number of halogens is 3. The summed E-state index contributed by atoms with van der Waals surface area (Å²) in [6.07, 6.45) is -1.52. The number of hydrogen-bond acceptors (Lipinski definition) is 8. The molecule has 33 heavy (non-hydrogen) atoms. The third kappa shape index (κ3) is 3.78. The highest BCUT2D eigenvalue weighted by Gasteiger charge is 2.33. The van der Waals surface area contributed by atoms with Gasteiger partial charge in [-0.25, -0.2) is 33.4 Å². The van der Waals surface area contributed by atoms with Crippen molar-refractivity contribution in [2.45, 2.75) is 18.1 Å². The quantitative estimate of drug-likeness (QED) is 0.425. The molecule has 0 saturated heterocycles. The third-order valence-corrected chi connectivity index (χ3v) is 6.47. The molecule has 4 aromatic heterocycles. The number of amides is 1. The number of fused-ring (bicyclic) bond motifs is 2. The van der Waals surface area contributed by atoms with Gasteiger partial charge in [0, 0.05) is 25.6 Å². The predicted molar refractivity (Wildman–Crippen MR) is 108 cm³/mol. The van der Waals surface area contributed by atoms with Gasteiger partial charge >= 0.3 is 6.18 Å². The van der Waals surface area contributed by atoms with E-state index in [-0.39, 0.29) is 44.5 Å². The molecule has 0 bridgehead atoms. The molecular formula is C18H16F3N7O4S. The van der Waals surface area contributed by atoms with Crippen molar-refractivity contribution >= 4 is 32.6 Å². The molecule has 0 aliphatic rings. The Morgan fingerprint density at radius 2 is 1.91 bits per heavy atom. The Morgan fingerprint density at radius 3 is 2.55 bits per heavy atom. The Bertz CT molecular complexity index is 1510. The fourth-order valence-electron chi connectivity index (χ4n) is 3.19. The molecule has 0 atom stereocenters. The van der Waals surface area contributed by atoms with E-state index in [1.165, 1.54) is 38.0 Å². The average molecular weight is 483 g/mol. The van der Waals surface area contributed by atoms with Crippen LogP contribution in [-0.2, 0) is 27.9 Å². The van der Waals surface area contributed by atoms with Gasteiger partial charge in [-0.3, -0.25) is 9.63 Å². The van der Waals surface area contributed by atoms with Crippen LogP contribution < -0.4 is 5.48 Å². The van der Waals surface area contributed by atoms with Crippen LogP contribution in [0.25, 0.3) is 28.2 Å². The molecule has 1 N–H and O–H groups in total. The zero-order valence-corrected chi connectivity index (χ0v) is 18.2. The minimum atomic E-state index is -4.62. The van der Waals surface area contributed by atoms with Gasteiger partial charge in [0.1, 0.15) is 16.9 Å². The average Bonchev–Trinajstić information content (AvgIpc) is 3.30. The first-order chi connectivity index (χ1) is 15.5. The number of rotatable bonds is 5. The number of hydrogen-bond donors (Lipinski definition) is 1. The fraction of sp³-hybridized carbons (Fsp3) is 0.278. The number of aromatic nitrogens is 6. The minimum Gasteiger partial charge on any atom is -0.312 e. The summed E-state index contributed by atoms with van der Waals surface area (Å²) in [6, 6.07) is 0.826. The molecule has 0 aliphatic carbocycles. The molecule has 4 aromatic rings. The monoisotopic (exact) mass is 483 g/mol. The summed E-state index contributed by atoms with van der Waals surface area (Å²) in [6.45, 7) is 1.42. The number of alkyl halides is 3. The van der Waals surface area contributed by atoms with E-state index in [1.807, 2.05) is 0 Å². The van der Waals surface area contributed by atoms with Crippen molar-refractivity contribution in [3.05, 3.63) is 35.8 Å². The molecule has 15 heteroatoms. The van der Waals surface area contributed by atoms with Crippen LogP contribution >= 0.6 is 0 Å². The second kappa shape index (κ2) is 7.77. The highest BCUT2D eigenvalue weighted by Crippen LogP contribution is 2.34. The van der Waals surface area contributed by atoms with E-state index < -0.39 is 27.5 Å². The van der Waals surface area contributed by atoms with Gasteiger partial charge in [0.2, 0.25) is 0 Å². The van der Waals surface area contributed by atoms with Crippen molar-refractivity contribution in [3.8, 4) is 11.4 Å². The van der Waals surface area contributed by atoms with Crippen molar-refractivity contribution in [1.82, 2.24) is 34.6 Å². The van der Waals surface area contributed by atoms with Crippen LogP contribution in [0.5, 0.6) is 0 Å². The summed E-state index contributed by atoms with van der Waals surface area (Å²) in [4.78, 5) is 28.8. The smallest absolute Gasteiger partial charge is 0.312 e. The molecule has 4 rings (SSSR count). The Labute approximate surface area is 184 Å². The number of carbonyl (C=O) groups excluding carboxylic acids is 1. The number of sulfone groups is 1. The van der Waals surface area contributed by atoms with Gasteiger partial charge in [-0.05, 0) is 6.07 Å². The largest absolute Gasteiger partial charge is 0.417 e. The van der Waals surface area contributed by atoms with Gasteiger partial charge < -0.3 is 4.57 Å². The zero-order valence-electron chi connectivity index (χ0n) is 17.4. The maximum absolute atomic E-state index is 13.1. The molecule has 0 aliphatic heterocycles. The van der Waals surface area contributed by atoms with Gasteiger partial charge in [0.25, 0.3) is 5.91 Å². The van der Waals surface area contributed by atoms with Gasteiger partial charge in [-0.2, -0.15) is 18.3 Å². The maximum atomic E-state index is 13.1. The van der Waals surface area contributed by atoms with Crippen molar-refractivity contribution in [2.75, 3.05) is 12.9 Å². The second-order valence-electron chi connectivity index (χ2n) is 6.89. The number of imidazole rings is 1. The first kappa shape index (κ1) is 22.6. The summed E-state index contributed by atoms with van der Waals surface area (Å²) in [5, 5.41) is 3.72. The molecule has 0 saturated carbocycles. The molecule has 11 nitrogen and oxygen atoms in total. The van der Waals surface area contributed by atoms with Crippen LogP contribution in [0.3, 0.4) is 0 Å². The van der Waals surface area contributed by atoms with E-state index in [0.29, 0.717) is 6.20 Å². The van der Waals surface area contributed by atoms with Crippen LogP contribution in [0.4, 0.5) is 13.2 Å². The van der Waals surface area contributed by atoms with Gasteiger partial charge in [0.15, 0.2) is 26.2 Å². The number of nitrogens with one attached hydrogen (secondary N) is 1. The summed E-state index contributed by atoms with van der Waals surface area (Å²) in [5.41, 5.74) is 1.17. The number of aryl methyl sites for hydroxylation is 1. The van der Waals surface area contributed by atoms with E-state index >= 15 is 0 Å². The normalized spacial score (nSPS) is 12.5. The molecule has 174 valence electrons. The van der Waals surface area contributed by atoms with Crippen LogP contribution in [0.2, 0.25) is 0 Å². The van der Waals surface area contributed by atoms with E-state index in [0.717, 1.165) is 10.6 Å². The van der Waals surface area contributed by atoms with Crippen LogP contribution in [0.1, 0.15) is 22.8 Å². The molecule has 4 heterocycles. The van der Waals surface area contributed by atoms with E-state index in [9.17, 15) is 26.4 Å². The first-order valence-electron chi connectivity index (χ1n) is 9.32. The Morgan fingerprint density at radius 1 is 1.21 bits per heavy atom. The molecule has 0 fully saturated rings. The molecule has 0 unspecified atom stereocenters. The first-order valence-corrected chi connectivity index (χ1v) is 11.0. The third-order valence-electron chi connectivity index (χ3n) is 4.83. The van der Waals surface area contributed by atoms with Crippen molar-refractivity contribution in [2.24, 2.45) is 7.05 Å². The highest BCUT2D eigenvalue weighted by molar-refractivity contribution is 7.91. The van der Waals surface area contributed by atoms with Crippen molar-refractivity contribution < 1.29 is 31.2 Å². The second-order valence-corrected chi connectivity index (χ2v) is 9.08. The van der Waals surface area contributed by atoms with E-state index in [2.05, 4.69) is 30.4 Å².